The van der Waals surface area contributed by atoms with E-state index in [9.17, 15) is 4.79 Å². The van der Waals surface area contributed by atoms with Crippen molar-refractivity contribution in [3.05, 3.63) is 46.0 Å². The van der Waals surface area contributed by atoms with Crippen molar-refractivity contribution < 1.29 is 9.53 Å². The van der Waals surface area contributed by atoms with E-state index >= 15 is 0 Å². The highest BCUT2D eigenvalue weighted by Crippen LogP contribution is 2.12. The topological polar surface area (TPSA) is 75.9 Å². The molecule has 0 spiro atoms. The summed E-state index contributed by atoms with van der Waals surface area (Å²) in [6.45, 7) is 1.88. The predicted octanol–water partition coefficient (Wildman–Crippen LogP) is 2.08. The highest BCUT2D eigenvalue weighted by molar-refractivity contribution is 7.07. The van der Waals surface area contributed by atoms with E-state index in [-0.39, 0.29) is 6.61 Å². The zero-order chi connectivity index (χ0) is 13.0. The minimum atomic E-state index is -0.424. The molecule has 18 heavy (non-hydrogen) atoms. The SMILES string of the molecule is Cc1nnsc1C(=O)OCc1ccc(C#N)cc1. The predicted molar refractivity (Wildman–Crippen MR) is 64.9 cm³/mol. The molecule has 0 atom stereocenters. The maximum absolute atomic E-state index is 11.7. The van der Waals surface area contributed by atoms with Gasteiger partial charge in [-0.15, -0.1) is 5.10 Å². The van der Waals surface area contributed by atoms with Crippen LogP contribution in [0.15, 0.2) is 24.3 Å². The molecule has 2 aromatic rings. The zero-order valence-corrected chi connectivity index (χ0v) is 10.4. The van der Waals surface area contributed by atoms with Crippen molar-refractivity contribution in [3.63, 3.8) is 0 Å². The van der Waals surface area contributed by atoms with E-state index in [0.29, 0.717) is 16.1 Å². The Morgan fingerprint density at radius 2 is 2.17 bits per heavy atom. The van der Waals surface area contributed by atoms with Crippen molar-refractivity contribution in [3.8, 4) is 6.07 Å². The minimum Gasteiger partial charge on any atom is -0.457 e. The van der Waals surface area contributed by atoms with Crippen LogP contribution in [0.25, 0.3) is 0 Å². The summed E-state index contributed by atoms with van der Waals surface area (Å²) >= 11 is 1.02. The third-order valence-corrected chi connectivity index (χ3v) is 3.10. The van der Waals surface area contributed by atoms with Crippen molar-refractivity contribution in [2.45, 2.75) is 13.5 Å². The fraction of sp³-hybridized carbons (Fsp3) is 0.167. The molecule has 1 aromatic heterocycles. The summed E-state index contributed by atoms with van der Waals surface area (Å²) in [5.74, 6) is -0.424. The van der Waals surface area contributed by atoms with Gasteiger partial charge in [-0.05, 0) is 36.2 Å². The highest BCUT2D eigenvalue weighted by atomic mass is 32.1. The molecular weight excluding hydrogens is 250 g/mol. The Balaban J connectivity index is 1.97. The second kappa shape index (κ2) is 5.38. The number of hydrogen-bond donors (Lipinski definition) is 0. The number of hydrogen-bond acceptors (Lipinski definition) is 6. The van der Waals surface area contributed by atoms with Crippen molar-refractivity contribution in [1.82, 2.24) is 9.59 Å². The van der Waals surface area contributed by atoms with E-state index in [4.69, 9.17) is 10.00 Å². The van der Waals surface area contributed by atoms with E-state index in [1.807, 2.05) is 6.07 Å². The zero-order valence-electron chi connectivity index (χ0n) is 9.58. The lowest BCUT2D eigenvalue weighted by Crippen LogP contribution is -2.04. The molecule has 0 aliphatic rings. The Hall–Kier alpha value is -2.26. The van der Waals surface area contributed by atoms with Gasteiger partial charge < -0.3 is 4.74 Å². The quantitative estimate of drug-likeness (QED) is 0.789. The molecule has 0 unspecified atom stereocenters. The lowest BCUT2D eigenvalue weighted by atomic mass is 10.2. The van der Waals surface area contributed by atoms with Crippen molar-refractivity contribution in [1.29, 1.82) is 5.26 Å². The molecule has 90 valence electrons. The van der Waals surface area contributed by atoms with Gasteiger partial charge in [-0.2, -0.15) is 5.26 Å². The van der Waals surface area contributed by atoms with Gasteiger partial charge in [-0.3, -0.25) is 0 Å². The highest BCUT2D eigenvalue weighted by Gasteiger charge is 2.14. The summed E-state index contributed by atoms with van der Waals surface area (Å²) < 4.78 is 8.81. The summed E-state index contributed by atoms with van der Waals surface area (Å²) in [6, 6.07) is 8.90. The average Bonchev–Trinajstić information content (AvgIpc) is 2.83. The molecule has 6 heteroatoms. The maximum atomic E-state index is 11.7. The third kappa shape index (κ3) is 2.70. The van der Waals surface area contributed by atoms with Crippen LogP contribution in [0.2, 0.25) is 0 Å². The van der Waals surface area contributed by atoms with E-state index in [0.717, 1.165) is 17.1 Å². The molecule has 0 saturated carbocycles. The average molecular weight is 259 g/mol. The van der Waals surface area contributed by atoms with Gasteiger partial charge in [0.2, 0.25) is 0 Å². The normalized spacial score (nSPS) is 9.78. The smallest absolute Gasteiger partial charge is 0.352 e. The monoisotopic (exact) mass is 259 g/mol. The van der Waals surface area contributed by atoms with Gasteiger partial charge in [-0.25, -0.2) is 4.79 Å². The molecular formula is C12H9N3O2S. The fourth-order valence-corrected chi connectivity index (χ4v) is 1.86. The number of aromatic nitrogens is 2. The van der Waals surface area contributed by atoms with Crippen LogP contribution in [0.1, 0.15) is 26.5 Å². The first-order valence-electron chi connectivity index (χ1n) is 5.16. The molecule has 5 nitrogen and oxygen atoms in total. The van der Waals surface area contributed by atoms with Crippen molar-refractivity contribution >= 4 is 17.5 Å². The lowest BCUT2D eigenvalue weighted by Gasteiger charge is -2.03. The van der Waals surface area contributed by atoms with Crippen LogP contribution in [-0.4, -0.2) is 15.6 Å². The number of nitriles is 1. The first-order valence-corrected chi connectivity index (χ1v) is 5.93. The van der Waals surface area contributed by atoms with Gasteiger partial charge in [0.25, 0.3) is 0 Å². The molecule has 0 aliphatic heterocycles. The summed E-state index contributed by atoms with van der Waals surface area (Å²) in [7, 11) is 0. The second-order valence-corrected chi connectivity index (χ2v) is 4.33. The molecule has 2 rings (SSSR count). The van der Waals surface area contributed by atoms with Gasteiger partial charge in [0.15, 0.2) is 4.88 Å². The standard InChI is InChI=1S/C12H9N3O2S/c1-8-11(18-15-14-8)12(16)17-7-10-4-2-9(6-13)3-5-10/h2-5H,7H2,1H3. The Kier molecular flexibility index (Phi) is 3.65. The fourth-order valence-electron chi connectivity index (χ4n) is 1.31. The largest absolute Gasteiger partial charge is 0.457 e. The first kappa shape index (κ1) is 12.2. The van der Waals surface area contributed by atoms with Crippen molar-refractivity contribution in [2.75, 3.05) is 0 Å². The molecule has 0 fully saturated rings. The Morgan fingerprint density at radius 1 is 1.44 bits per heavy atom. The second-order valence-electron chi connectivity index (χ2n) is 3.57. The molecule has 0 aliphatic carbocycles. The Morgan fingerprint density at radius 3 is 2.72 bits per heavy atom. The van der Waals surface area contributed by atoms with Crippen LogP contribution in [0.5, 0.6) is 0 Å². The van der Waals surface area contributed by atoms with Gasteiger partial charge in [0.05, 0.1) is 17.3 Å². The summed E-state index contributed by atoms with van der Waals surface area (Å²) in [4.78, 5) is 12.1. The first-order chi connectivity index (χ1) is 8.70. The van der Waals surface area contributed by atoms with Crippen LogP contribution >= 0.6 is 11.5 Å². The van der Waals surface area contributed by atoms with E-state index in [1.165, 1.54) is 0 Å². The molecule has 0 N–H and O–H groups in total. The van der Waals surface area contributed by atoms with Gasteiger partial charge in [0, 0.05) is 0 Å². The van der Waals surface area contributed by atoms with Crippen LogP contribution in [0.4, 0.5) is 0 Å². The van der Waals surface area contributed by atoms with Crippen LogP contribution in [-0.2, 0) is 11.3 Å². The third-order valence-electron chi connectivity index (χ3n) is 2.29. The minimum absolute atomic E-state index is 0.169. The molecule has 0 saturated heterocycles. The molecule has 1 heterocycles. The van der Waals surface area contributed by atoms with Crippen LogP contribution < -0.4 is 0 Å². The van der Waals surface area contributed by atoms with Crippen LogP contribution in [0, 0.1) is 18.3 Å². The van der Waals surface area contributed by atoms with E-state index < -0.39 is 5.97 Å². The number of carbonyl (C=O) groups is 1. The number of benzene rings is 1. The Bertz CT molecular complexity index is 599. The summed E-state index contributed by atoms with van der Waals surface area (Å²) in [6.07, 6.45) is 0. The molecule has 1 aromatic carbocycles. The number of esters is 1. The lowest BCUT2D eigenvalue weighted by molar-refractivity contribution is 0.0477. The number of rotatable bonds is 3. The molecule has 0 bridgehead atoms. The maximum Gasteiger partial charge on any atom is 0.352 e. The van der Waals surface area contributed by atoms with Gasteiger partial charge in [0.1, 0.15) is 6.61 Å². The number of aryl methyl sites for hydroxylation is 1. The van der Waals surface area contributed by atoms with E-state index in [2.05, 4.69) is 9.59 Å². The molecule has 0 amide bonds. The molecule has 0 radical (unpaired) electrons. The number of ether oxygens (including phenoxy) is 1. The van der Waals surface area contributed by atoms with Crippen molar-refractivity contribution in [2.24, 2.45) is 0 Å². The van der Waals surface area contributed by atoms with Crippen LogP contribution in [0.3, 0.4) is 0 Å². The number of carbonyl (C=O) groups excluding carboxylic acids is 1. The Labute approximate surface area is 108 Å². The summed E-state index contributed by atoms with van der Waals surface area (Å²) in [5, 5.41) is 12.4. The summed E-state index contributed by atoms with van der Waals surface area (Å²) in [5.41, 5.74) is 1.98. The van der Waals surface area contributed by atoms with Gasteiger partial charge in [-0.1, -0.05) is 16.6 Å². The van der Waals surface area contributed by atoms with E-state index in [1.54, 1.807) is 31.2 Å². The van der Waals surface area contributed by atoms with Gasteiger partial charge >= 0.3 is 5.97 Å². The number of nitrogens with zero attached hydrogens (tertiary/aromatic N) is 3.